The van der Waals surface area contributed by atoms with Crippen molar-refractivity contribution in [3.05, 3.63) is 0 Å². The van der Waals surface area contributed by atoms with Crippen molar-refractivity contribution in [1.82, 2.24) is 4.90 Å². The first-order valence-corrected chi connectivity index (χ1v) is 10.9. The van der Waals surface area contributed by atoms with Crippen molar-refractivity contribution >= 4 is 8.80 Å². The van der Waals surface area contributed by atoms with Gasteiger partial charge < -0.3 is 22.9 Å². The van der Waals surface area contributed by atoms with Gasteiger partial charge in [0.25, 0.3) is 0 Å². The molecule has 1 fully saturated rings. The van der Waals surface area contributed by atoms with Crippen molar-refractivity contribution in [2.75, 3.05) is 52.7 Å². The third-order valence-electron chi connectivity index (χ3n) is 3.83. The van der Waals surface area contributed by atoms with Crippen LogP contribution < -0.4 is 0 Å². The molecule has 0 atom stereocenters. The fourth-order valence-electron chi connectivity index (χ4n) is 2.89. The summed E-state index contributed by atoms with van der Waals surface area (Å²) in [7, 11) is -2.47. The molecule has 0 bridgehead atoms. The largest absolute Gasteiger partial charge is 0.501 e. The zero-order chi connectivity index (χ0) is 16.1. The third kappa shape index (κ3) is 8.03. The minimum absolute atomic E-state index is 0.642. The molecule has 0 unspecified atom stereocenters. The standard InChI is InChI=1S/C16H35NO4Si/c1-4-19-22(20-5-2,21-6-3)16-10-15-18-14-9-13-17-11-7-8-12-17/h4-16H2,1-3H3. The average molecular weight is 334 g/mol. The van der Waals surface area contributed by atoms with E-state index in [1.165, 1.54) is 32.5 Å². The molecule has 0 saturated carbocycles. The molecular weight excluding hydrogens is 298 g/mol. The molecule has 22 heavy (non-hydrogen) atoms. The summed E-state index contributed by atoms with van der Waals surface area (Å²) in [5.74, 6) is 0. The first kappa shape index (κ1) is 20.1. The Kier molecular flexibility index (Phi) is 11.3. The van der Waals surface area contributed by atoms with E-state index < -0.39 is 8.80 Å². The van der Waals surface area contributed by atoms with E-state index in [4.69, 9.17) is 18.0 Å². The molecule has 1 rings (SSSR count). The Labute approximate surface area is 137 Å². The molecule has 1 saturated heterocycles. The number of ether oxygens (including phenoxy) is 1. The lowest BCUT2D eigenvalue weighted by Crippen LogP contribution is -2.46. The Balaban J connectivity index is 2.10. The Morgan fingerprint density at radius 3 is 1.91 bits per heavy atom. The summed E-state index contributed by atoms with van der Waals surface area (Å²) in [6, 6.07) is 0.842. The van der Waals surface area contributed by atoms with Crippen LogP contribution in [0.3, 0.4) is 0 Å². The quantitative estimate of drug-likeness (QED) is 0.361. The molecule has 0 N–H and O–H groups in total. The smallest absolute Gasteiger partial charge is 0.381 e. The molecule has 132 valence electrons. The molecule has 0 radical (unpaired) electrons. The number of hydrogen-bond donors (Lipinski definition) is 0. The molecule has 0 aliphatic carbocycles. The second kappa shape index (κ2) is 12.4. The summed E-state index contributed by atoms with van der Waals surface area (Å²) in [4.78, 5) is 2.53. The minimum atomic E-state index is -2.47. The summed E-state index contributed by atoms with van der Waals surface area (Å²) in [5, 5.41) is 0. The van der Waals surface area contributed by atoms with Crippen molar-refractivity contribution in [2.24, 2.45) is 0 Å². The second-order valence-corrected chi connectivity index (χ2v) is 8.33. The maximum absolute atomic E-state index is 5.84. The summed E-state index contributed by atoms with van der Waals surface area (Å²) >= 11 is 0. The number of rotatable bonds is 14. The summed E-state index contributed by atoms with van der Waals surface area (Å²) in [5.41, 5.74) is 0. The third-order valence-corrected chi connectivity index (χ3v) is 6.98. The Morgan fingerprint density at radius 2 is 1.36 bits per heavy atom. The average Bonchev–Trinajstić information content (AvgIpc) is 3.00. The Morgan fingerprint density at radius 1 is 0.818 bits per heavy atom. The van der Waals surface area contributed by atoms with Crippen LogP contribution in [0.25, 0.3) is 0 Å². The maximum atomic E-state index is 5.84. The van der Waals surface area contributed by atoms with Gasteiger partial charge in [0.15, 0.2) is 0 Å². The summed E-state index contributed by atoms with van der Waals surface area (Å²) in [6.07, 6.45) is 4.79. The SMILES string of the molecule is CCO[Si](CCCOCCCN1CCCC1)(OCC)OCC. The van der Waals surface area contributed by atoms with Gasteiger partial charge in [-0.3, -0.25) is 0 Å². The molecular formula is C16H35NO4Si. The van der Waals surface area contributed by atoms with Gasteiger partial charge in [-0.25, -0.2) is 0 Å². The van der Waals surface area contributed by atoms with Gasteiger partial charge in [0, 0.05) is 45.6 Å². The van der Waals surface area contributed by atoms with Crippen molar-refractivity contribution in [2.45, 2.75) is 52.5 Å². The van der Waals surface area contributed by atoms with Crippen LogP contribution in [-0.4, -0.2) is 66.4 Å². The lowest BCUT2D eigenvalue weighted by Gasteiger charge is -2.28. The molecule has 0 aromatic rings. The molecule has 5 nitrogen and oxygen atoms in total. The van der Waals surface area contributed by atoms with Crippen molar-refractivity contribution in [1.29, 1.82) is 0 Å². The molecule has 0 aromatic heterocycles. The lowest BCUT2D eigenvalue weighted by molar-refractivity contribution is 0.0654. The van der Waals surface area contributed by atoms with E-state index >= 15 is 0 Å². The first-order chi connectivity index (χ1) is 10.8. The van der Waals surface area contributed by atoms with Crippen LogP contribution in [0.2, 0.25) is 6.04 Å². The predicted octanol–water partition coefficient (Wildman–Crippen LogP) is 2.93. The van der Waals surface area contributed by atoms with Gasteiger partial charge in [-0.05, 0) is 59.5 Å². The van der Waals surface area contributed by atoms with Gasteiger partial charge in [-0.2, -0.15) is 0 Å². The van der Waals surface area contributed by atoms with Crippen molar-refractivity contribution < 1.29 is 18.0 Å². The van der Waals surface area contributed by atoms with Crippen LogP contribution >= 0.6 is 0 Å². The van der Waals surface area contributed by atoms with E-state index in [1.54, 1.807) is 0 Å². The molecule has 6 heteroatoms. The van der Waals surface area contributed by atoms with E-state index in [1.807, 2.05) is 20.8 Å². The Bertz CT molecular complexity index is 246. The van der Waals surface area contributed by atoms with E-state index in [0.29, 0.717) is 19.8 Å². The highest BCUT2D eigenvalue weighted by atomic mass is 28.4. The van der Waals surface area contributed by atoms with Crippen LogP contribution in [0.5, 0.6) is 0 Å². The van der Waals surface area contributed by atoms with Gasteiger partial charge in [0.1, 0.15) is 0 Å². The lowest BCUT2D eigenvalue weighted by atomic mass is 10.4. The normalized spacial score (nSPS) is 16.5. The monoisotopic (exact) mass is 333 g/mol. The fraction of sp³-hybridized carbons (Fsp3) is 1.00. The van der Waals surface area contributed by atoms with Crippen molar-refractivity contribution in [3.63, 3.8) is 0 Å². The van der Waals surface area contributed by atoms with Gasteiger partial charge in [-0.15, -0.1) is 0 Å². The van der Waals surface area contributed by atoms with E-state index in [2.05, 4.69) is 4.90 Å². The van der Waals surface area contributed by atoms with E-state index in [-0.39, 0.29) is 0 Å². The first-order valence-electron chi connectivity index (χ1n) is 8.98. The highest BCUT2D eigenvalue weighted by molar-refractivity contribution is 6.60. The van der Waals surface area contributed by atoms with Crippen molar-refractivity contribution in [3.8, 4) is 0 Å². The molecule has 0 spiro atoms. The second-order valence-electron chi connectivity index (χ2n) is 5.60. The van der Waals surface area contributed by atoms with Crippen LogP contribution in [0.1, 0.15) is 46.5 Å². The fourth-order valence-corrected chi connectivity index (χ4v) is 5.47. The van der Waals surface area contributed by atoms with Crippen LogP contribution in [0, 0.1) is 0 Å². The highest BCUT2D eigenvalue weighted by Gasteiger charge is 2.39. The molecule has 0 amide bonds. The topological polar surface area (TPSA) is 40.2 Å². The van der Waals surface area contributed by atoms with Gasteiger partial charge in [0.2, 0.25) is 0 Å². The number of likely N-dealkylation sites (tertiary alicyclic amines) is 1. The molecule has 1 aliphatic rings. The summed E-state index contributed by atoms with van der Waals surface area (Å²) in [6.45, 7) is 13.2. The zero-order valence-corrected chi connectivity index (χ0v) is 15.8. The van der Waals surface area contributed by atoms with Crippen LogP contribution in [0.4, 0.5) is 0 Å². The summed E-state index contributed by atoms with van der Waals surface area (Å²) < 4.78 is 23.3. The van der Waals surface area contributed by atoms with Crippen LogP contribution in [0.15, 0.2) is 0 Å². The van der Waals surface area contributed by atoms with Gasteiger partial charge >= 0.3 is 8.80 Å². The zero-order valence-electron chi connectivity index (χ0n) is 14.8. The molecule has 0 aromatic carbocycles. The maximum Gasteiger partial charge on any atom is 0.501 e. The van der Waals surface area contributed by atoms with E-state index in [0.717, 1.165) is 32.1 Å². The number of nitrogens with zero attached hydrogens (tertiary/aromatic N) is 1. The minimum Gasteiger partial charge on any atom is -0.381 e. The number of hydrogen-bond acceptors (Lipinski definition) is 5. The molecule has 1 aliphatic heterocycles. The van der Waals surface area contributed by atoms with Gasteiger partial charge in [-0.1, -0.05) is 0 Å². The van der Waals surface area contributed by atoms with Gasteiger partial charge in [0.05, 0.1) is 0 Å². The Hall–Kier alpha value is 0.0169. The highest BCUT2D eigenvalue weighted by Crippen LogP contribution is 2.18. The predicted molar refractivity (Wildman–Crippen MR) is 91.2 cm³/mol. The van der Waals surface area contributed by atoms with Crippen LogP contribution in [-0.2, 0) is 18.0 Å². The van der Waals surface area contributed by atoms with E-state index in [9.17, 15) is 0 Å². The molecule has 1 heterocycles.